The summed E-state index contributed by atoms with van der Waals surface area (Å²) >= 11 is 0. The van der Waals surface area contributed by atoms with Crippen LogP contribution in [0.25, 0.3) is 0 Å². The summed E-state index contributed by atoms with van der Waals surface area (Å²) in [7, 11) is 0. The standard InChI is InChI=1S/C12H20F3N3O.ClH/c1-10(2)19-5-3-4-16-6-11-7-17-18(8-11)9-12(13,14)15;/h7-8,10,16H,3-6,9H2,1-2H3;1H. The van der Waals surface area contributed by atoms with Crippen LogP contribution in [0.5, 0.6) is 0 Å². The number of ether oxygens (including phenoxy) is 1. The van der Waals surface area contributed by atoms with Crippen LogP contribution in [0.1, 0.15) is 25.8 Å². The minimum Gasteiger partial charge on any atom is -0.379 e. The lowest BCUT2D eigenvalue weighted by molar-refractivity contribution is -0.142. The summed E-state index contributed by atoms with van der Waals surface area (Å²) in [5.41, 5.74) is 0.744. The molecule has 0 spiro atoms. The molecule has 0 bridgehead atoms. The van der Waals surface area contributed by atoms with Gasteiger partial charge in [-0.15, -0.1) is 12.4 Å². The van der Waals surface area contributed by atoms with Crippen molar-refractivity contribution in [2.45, 2.75) is 45.6 Å². The maximum atomic E-state index is 12.1. The molecule has 8 heteroatoms. The zero-order valence-electron chi connectivity index (χ0n) is 11.6. The van der Waals surface area contributed by atoms with Gasteiger partial charge >= 0.3 is 6.18 Å². The van der Waals surface area contributed by atoms with E-state index in [1.807, 2.05) is 13.8 Å². The van der Waals surface area contributed by atoms with Gasteiger partial charge in [-0.2, -0.15) is 18.3 Å². The first-order chi connectivity index (χ1) is 8.87. The Hall–Kier alpha value is -0.790. The van der Waals surface area contributed by atoms with Crippen LogP contribution in [0.3, 0.4) is 0 Å². The van der Waals surface area contributed by atoms with Crippen molar-refractivity contribution >= 4 is 12.4 Å². The Kier molecular flexibility index (Phi) is 8.84. The second kappa shape index (κ2) is 9.20. The van der Waals surface area contributed by atoms with Crippen molar-refractivity contribution in [2.24, 2.45) is 0 Å². The third kappa shape index (κ3) is 9.17. The third-order valence-electron chi connectivity index (χ3n) is 2.31. The molecule has 0 atom stereocenters. The molecule has 0 saturated heterocycles. The molecule has 0 aliphatic rings. The van der Waals surface area contributed by atoms with Crippen molar-refractivity contribution in [2.75, 3.05) is 13.2 Å². The van der Waals surface area contributed by atoms with Gasteiger partial charge in [0.15, 0.2) is 0 Å². The van der Waals surface area contributed by atoms with Crippen molar-refractivity contribution < 1.29 is 17.9 Å². The number of nitrogens with zero attached hydrogens (tertiary/aromatic N) is 2. The SMILES string of the molecule is CC(C)OCCCNCc1cnn(CC(F)(F)F)c1.Cl. The second-order valence-electron chi connectivity index (χ2n) is 4.61. The van der Waals surface area contributed by atoms with E-state index < -0.39 is 12.7 Å². The Morgan fingerprint density at radius 2 is 2.10 bits per heavy atom. The summed E-state index contributed by atoms with van der Waals surface area (Å²) in [4.78, 5) is 0. The molecule has 1 heterocycles. The summed E-state index contributed by atoms with van der Waals surface area (Å²) in [5.74, 6) is 0. The lowest BCUT2D eigenvalue weighted by atomic mass is 10.3. The molecule has 0 fully saturated rings. The van der Waals surface area contributed by atoms with Gasteiger partial charge in [0, 0.05) is 24.9 Å². The van der Waals surface area contributed by atoms with Crippen molar-refractivity contribution in [1.82, 2.24) is 15.1 Å². The van der Waals surface area contributed by atoms with Gasteiger partial charge in [-0.1, -0.05) is 0 Å². The lowest BCUT2D eigenvalue weighted by Gasteiger charge is -2.07. The Labute approximate surface area is 123 Å². The van der Waals surface area contributed by atoms with E-state index in [2.05, 4.69) is 10.4 Å². The summed E-state index contributed by atoms with van der Waals surface area (Å²) in [6, 6.07) is 0. The predicted octanol–water partition coefficient (Wildman–Crippen LogP) is 2.77. The van der Waals surface area contributed by atoms with Gasteiger partial charge in [0.05, 0.1) is 12.3 Å². The van der Waals surface area contributed by atoms with Crippen LogP contribution in [0.4, 0.5) is 13.2 Å². The minimum atomic E-state index is -4.23. The largest absolute Gasteiger partial charge is 0.408 e. The molecule has 20 heavy (non-hydrogen) atoms. The van der Waals surface area contributed by atoms with Crippen molar-refractivity contribution in [1.29, 1.82) is 0 Å². The van der Waals surface area contributed by atoms with Crippen molar-refractivity contribution in [3.63, 3.8) is 0 Å². The number of aromatic nitrogens is 2. The number of rotatable bonds is 8. The molecule has 118 valence electrons. The zero-order chi connectivity index (χ0) is 14.3. The molecule has 0 aromatic carbocycles. The lowest BCUT2D eigenvalue weighted by Crippen LogP contribution is -2.18. The molecule has 0 amide bonds. The quantitative estimate of drug-likeness (QED) is 0.750. The molecule has 0 saturated carbocycles. The highest BCUT2D eigenvalue weighted by atomic mass is 35.5. The van der Waals surface area contributed by atoms with Crippen molar-refractivity contribution in [3.05, 3.63) is 18.0 Å². The second-order valence-corrected chi connectivity index (χ2v) is 4.61. The summed E-state index contributed by atoms with van der Waals surface area (Å²) in [6.45, 7) is 4.86. The van der Waals surface area contributed by atoms with E-state index in [1.165, 1.54) is 12.4 Å². The first kappa shape index (κ1) is 19.2. The van der Waals surface area contributed by atoms with E-state index in [0.29, 0.717) is 13.2 Å². The van der Waals surface area contributed by atoms with E-state index in [9.17, 15) is 13.2 Å². The highest BCUT2D eigenvalue weighted by Gasteiger charge is 2.28. The predicted molar refractivity (Wildman–Crippen MR) is 72.9 cm³/mol. The normalized spacial score (nSPS) is 11.7. The number of hydrogen-bond acceptors (Lipinski definition) is 3. The van der Waals surface area contributed by atoms with Crippen LogP contribution in [-0.4, -0.2) is 35.2 Å². The maximum absolute atomic E-state index is 12.1. The summed E-state index contributed by atoms with van der Waals surface area (Å²) in [5, 5.41) is 6.81. The summed E-state index contributed by atoms with van der Waals surface area (Å²) < 4.78 is 42.6. The zero-order valence-corrected chi connectivity index (χ0v) is 12.4. The number of halogens is 4. The first-order valence-corrected chi connectivity index (χ1v) is 6.27. The van der Waals surface area contributed by atoms with Crippen LogP contribution in [0.15, 0.2) is 12.4 Å². The van der Waals surface area contributed by atoms with E-state index in [4.69, 9.17) is 4.74 Å². The highest BCUT2D eigenvalue weighted by Crippen LogP contribution is 2.16. The Balaban J connectivity index is 0.00000361. The van der Waals surface area contributed by atoms with Crippen molar-refractivity contribution in [3.8, 4) is 0 Å². The smallest absolute Gasteiger partial charge is 0.379 e. The molecule has 0 radical (unpaired) electrons. The van der Waals surface area contributed by atoms with Crippen LogP contribution in [0, 0.1) is 0 Å². The number of nitrogens with one attached hydrogen (secondary N) is 1. The van der Waals surface area contributed by atoms with Crippen LogP contribution >= 0.6 is 12.4 Å². The van der Waals surface area contributed by atoms with Gasteiger partial charge in [0.25, 0.3) is 0 Å². The minimum absolute atomic E-state index is 0. The fourth-order valence-corrected chi connectivity index (χ4v) is 1.52. The monoisotopic (exact) mass is 315 g/mol. The van der Waals surface area contributed by atoms with Gasteiger partial charge in [-0.05, 0) is 26.8 Å². The fourth-order valence-electron chi connectivity index (χ4n) is 1.52. The molecule has 0 aliphatic carbocycles. The average Bonchev–Trinajstić information content (AvgIpc) is 2.68. The van der Waals surface area contributed by atoms with E-state index >= 15 is 0 Å². The number of hydrogen-bond donors (Lipinski definition) is 1. The molecule has 1 N–H and O–H groups in total. The van der Waals surface area contributed by atoms with E-state index in [1.54, 1.807) is 0 Å². The Morgan fingerprint density at radius 3 is 2.70 bits per heavy atom. The molecular weight excluding hydrogens is 295 g/mol. The first-order valence-electron chi connectivity index (χ1n) is 6.27. The Morgan fingerprint density at radius 1 is 1.40 bits per heavy atom. The average molecular weight is 316 g/mol. The van der Waals surface area contributed by atoms with Gasteiger partial charge in [-0.3, -0.25) is 4.68 Å². The molecule has 1 aromatic heterocycles. The van der Waals surface area contributed by atoms with Gasteiger partial charge in [-0.25, -0.2) is 0 Å². The van der Waals surface area contributed by atoms with Crippen LogP contribution in [0.2, 0.25) is 0 Å². The maximum Gasteiger partial charge on any atom is 0.408 e. The topological polar surface area (TPSA) is 39.1 Å². The number of alkyl halides is 3. The molecular formula is C12H21ClF3N3O. The molecule has 0 unspecified atom stereocenters. The summed E-state index contributed by atoms with van der Waals surface area (Å²) in [6.07, 6.45) is -0.283. The highest BCUT2D eigenvalue weighted by molar-refractivity contribution is 5.85. The van der Waals surface area contributed by atoms with Gasteiger partial charge < -0.3 is 10.1 Å². The van der Waals surface area contributed by atoms with Crippen LogP contribution in [-0.2, 0) is 17.8 Å². The Bertz CT molecular complexity index is 369. The molecule has 0 aliphatic heterocycles. The van der Waals surface area contributed by atoms with Crippen LogP contribution < -0.4 is 5.32 Å². The van der Waals surface area contributed by atoms with Gasteiger partial charge in [0.1, 0.15) is 6.54 Å². The molecule has 1 aromatic rings. The molecule has 4 nitrogen and oxygen atoms in total. The van der Waals surface area contributed by atoms with Gasteiger partial charge in [0.2, 0.25) is 0 Å². The van der Waals surface area contributed by atoms with E-state index in [-0.39, 0.29) is 18.5 Å². The third-order valence-corrected chi connectivity index (χ3v) is 2.31. The fraction of sp³-hybridized carbons (Fsp3) is 0.750. The molecule has 1 rings (SSSR count). The van der Waals surface area contributed by atoms with E-state index in [0.717, 1.165) is 23.2 Å².